The van der Waals surface area contributed by atoms with E-state index in [4.69, 9.17) is 5.11 Å². The summed E-state index contributed by atoms with van der Waals surface area (Å²) in [5, 5.41) is 11.4. The average molecular weight is 349 g/mol. The fraction of sp³-hybridized carbons (Fsp3) is 0.133. The third-order valence-corrected chi connectivity index (χ3v) is 3.45. The van der Waals surface area contributed by atoms with Crippen LogP contribution in [0.1, 0.15) is 22.5 Å². The molecule has 2 N–H and O–H groups in total. The average Bonchev–Trinajstić information content (AvgIpc) is 2.47. The number of aromatic nitrogens is 1. The zero-order chi connectivity index (χ0) is 15.2. The van der Waals surface area contributed by atoms with E-state index in [2.05, 4.69) is 26.2 Å². The Hall–Kier alpha value is -2.21. The van der Waals surface area contributed by atoms with Gasteiger partial charge in [0.25, 0.3) is 5.91 Å². The molecule has 1 amide bonds. The first-order chi connectivity index (χ1) is 10.1. The highest BCUT2D eigenvalue weighted by molar-refractivity contribution is 9.10. The van der Waals surface area contributed by atoms with Crippen LogP contribution in [0.2, 0.25) is 0 Å². The highest BCUT2D eigenvalue weighted by Crippen LogP contribution is 2.16. The molecule has 0 spiro atoms. The molecular weight excluding hydrogens is 336 g/mol. The molecule has 1 heterocycles. The van der Waals surface area contributed by atoms with E-state index in [9.17, 15) is 9.59 Å². The number of carboxylic acid groups (broad SMARTS) is 1. The van der Waals surface area contributed by atoms with E-state index in [1.807, 2.05) is 0 Å². The van der Waals surface area contributed by atoms with Crippen molar-refractivity contribution in [3.8, 4) is 0 Å². The number of anilines is 1. The molecular formula is C15H13BrN2O3. The fourth-order valence-corrected chi connectivity index (χ4v) is 2.18. The third kappa shape index (κ3) is 4.39. The molecule has 0 fully saturated rings. The molecule has 108 valence electrons. The summed E-state index contributed by atoms with van der Waals surface area (Å²) in [5.41, 5.74) is 1.86. The van der Waals surface area contributed by atoms with Crippen LogP contribution in [-0.4, -0.2) is 22.0 Å². The van der Waals surface area contributed by atoms with Crippen LogP contribution in [-0.2, 0) is 11.2 Å². The summed E-state index contributed by atoms with van der Waals surface area (Å²) < 4.78 is 0.626. The Morgan fingerprint density at radius 2 is 1.90 bits per heavy atom. The highest BCUT2D eigenvalue weighted by atomic mass is 79.9. The summed E-state index contributed by atoms with van der Waals surface area (Å²) in [5.74, 6) is -1.13. The number of rotatable bonds is 5. The molecule has 2 rings (SSSR count). The molecule has 0 atom stereocenters. The number of hydrogen-bond acceptors (Lipinski definition) is 3. The number of amides is 1. The lowest BCUT2D eigenvalue weighted by Gasteiger charge is -2.07. The molecule has 0 aliphatic heterocycles. The summed E-state index contributed by atoms with van der Waals surface area (Å²) in [6.07, 6.45) is 2.11. The van der Waals surface area contributed by atoms with E-state index in [1.54, 1.807) is 42.6 Å². The van der Waals surface area contributed by atoms with Gasteiger partial charge in [-0.25, -0.2) is 4.98 Å². The number of aryl methyl sites for hydroxylation is 1. The predicted octanol–water partition coefficient (Wildman–Crippen LogP) is 3.11. The SMILES string of the molecule is O=C(O)CCc1ccc(NC(=O)c2ncccc2Br)cc1. The molecule has 6 heteroatoms. The monoisotopic (exact) mass is 348 g/mol. The van der Waals surface area contributed by atoms with Crippen LogP contribution in [0, 0.1) is 0 Å². The molecule has 1 aromatic heterocycles. The fourth-order valence-electron chi connectivity index (χ4n) is 1.75. The maximum atomic E-state index is 12.1. The lowest BCUT2D eigenvalue weighted by Crippen LogP contribution is -2.14. The van der Waals surface area contributed by atoms with Crippen LogP contribution in [0.15, 0.2) is 47.1 Å². The van der Waals surface area contributed by atoms with Gasteiger partial charge in [-0.2, -0.15) is 0 Å². The molecule has 0 bridgehead atoms. The lowest BCUT2D eigenvalue weighted by atomic mass is 10.1. The Kier molecular flexibility index (Phi) is 5.05. The van der Waals surface area contributed by atoms with Gasteiger partial charge in [0.15, 0.2) is 0 Å². The number of aliphatic carboxylic acids is 1. The molecule has 21 heavy (non-hydrogen) atoms. The summed E-state index contributed by atoms with van der Waals surface area (Å²) in [7, 11) is 0. The Bertz CT molecular complexity index is 656. The maximum absolute atomic E-state index is 12.1. The molecule has 0 saturated heterocycles. The van der Waals surface area contributed by atoms with Crippen molar-refractivity contribution in [3.05, 3.63) is 58.3 Å². The standard InChI is InChI=1S/C15H13BrN2O3/c16-12-2-1-9-17-14(12)15(21)18-11-6-3-10(4-7-11)5-8-13(19)20/h1-4,6-7,9H,5,8H2,(H,18,21)(H,19,20). The molecule has 0 radical (unpaired) electrons. The first-order valence-electron chi connectivity index (χ1n) is 6.29. The van der Waals surface area contributed by atoms with Crippen molar-refractivity contribution < 1.29 is 14.7 Å². The number of nitrogens with zero attached hydrogens (tertiary/aromatic N) is 1. The summed E-state index contributed by atoms with van der Waals surface area (Å²) in [6.45, 7) is 0. The molecule has 0 unspecified atom stereocenters. The van der Waals surface area contributed by atoms with Gasteiger partial charge in [-0.1, -0.05) is 12.1 Å². The van der Waals surface area contributed by atoms with E-state index in [-0.39, 0.29) is 12.3 Å². The van der Waals surface area contributed by atoms with Crippen molar-refractivity contribution in [2.75, 3.05) is 5.32 Å². The van der Waals surface area contributed by atoms with E-state index in [1.165, 1.54) is 0 Å². The van der Waals surface area contributed by atoms with Gasteiger partial charge >= 0.3 is 5.97 Å². The molecule has 0 saturated carbocycles. The highest BCUT2D eigenvalue weighted by Gasteiger charge is 2.11. The smallest absolute Gasteiger partial charge is 0.303 e. The Balaban J connectivity index is 2.02. The van der Waals surface area contributed by atoms with E-state index >= 15 is 0 Å². The largest absolute Gasteiger partial charge is 0.481 e. The minimum absolute atomic E-state index is 0.0899. The van der Waals surface area contributed by atoms with Crippen LogP contribution >= 0.6 is 15.9 Å². The topological polar surface area (TPSA) is 79.3 Å². The zero-order valence-electron chi connectivity index (χ0n) is 11.0. The molecule has 5 nitrogen and oxygen atoms in total. The van der Waals surface area contributed by atoms with Crippen molar-refractivity contribution in [3.63, 3.8) is 0 Å². The normalized spacial score (nSPS) is 10.1. The first-order valence-corrected chi connectivity index (χ1v) is 7.08. The molecule has 1 aromatic carbocycles. The Morgan fingerprint density at radius 3 is 2.52 bits per heavy atom. The quantitative estimate of drug-likeness (QED) is 0.869. The van der Waals surface area contributed by atoms with E-state index in [0.717, 1.165) is 5.56 Å². The van der Waals surface area contributed by atoms with Crippen molar-refractivity contribution in [2.45, 2.75) is 12.8 Å². The minimum Gasteiger partial charge on any atom is -0.481 e. The number of carboxylic acids is 1. The number of pyridine rings is 1. The Morgan fingerprint density at radius 1 is 1.19 bits per heavy atom. The summed E-state index contributed by atoms with van der Waals surface area (Å²) in [6, 6.07) is 10.6. The maximum Gasteiger partial charge on any atom is 0.303 e. The molecule has 2 aromatic rings. The Labute approximate surface area is 130 Å². The number of carbonyl (C=O) groups excluding carboxylic acids is 1. The van der Waals surface area contributed by atoms with Gasteiger partial charge in [0.1, 0.15) is 5.69 Å². The number of halogens is 1. The van der Waals surface area contributed by atoms with Gasteiger partial charge in [-0.05, 0) is 52.2 Å². The summed E-state index contributed by atoms with van der Waals surface area (Å²) in [4.78, 5) is 26.6. The van der Waals surface area contributed by atoms with Crippen molar-refractivity contribution in [1.82, 2.24) is 4.98 Å². The van der Waals surface area contributed by atoms with Gasteiger partial charge in [0.2, 0.25) is 0 Å². The van der Waals surface area contributed by atoms with Crippen LogP contribution in [0.3, 0.4) is 0 Å². The van der Waals surface area contributed by atoms with Gasteiger partial charge in [-0.3, -0.25) is 9.59 Å². The van der Waals surface area contributed by atoms with Gasteiger partial charge < -0.3 is 10.4 Å². The van der Waals surface area contributed by atoms with Gasteiger partial charge in [-0.15, -0.1) is 0 Å². The van der Waals surface area contributed by atoms with Crippen LogP contribution in [0.25, 0.3) is 0 Å². The van der Waals surface area contributed by atoms with Crippen LogP contribution < -0.4 is 5.32 Å². The second-order valence-electron chi connectivity index (χ2n) is 4.38. The number of nitrogens with one attached hydrogen (secondary N) is 1. The number of benzene rings is 1. The van der Waals surface area contributed by atoms with Gasteiger partial charge in [0, 0.05) is 22.8 Å². The third-order valence-electron chi connectivity index (χ3n) is 2.81. The molecule has 0 aliphatic rings. The van der Waals surface area contributed by atoms with Crippen molar-refractivity contribution in [2.24, 2.45) is 0 Å². The first kappa shape index (κ1) is 15.2. The van der Waals surface area contributed by atoms with Crippen LogP contribution in [0.5, 0.6) is 0 Å². The van der Waals surface area contributed by atoms with E-state index < -0.39 is 5.97 Å². The predicted molar refractivity (Wildman–Crippen MR) is 82.3 cm³/mol. The zero-order valence-corrected chi connectivity index (χ0v) is 12.6. The lowest BCUT2D eigenvalue weighted by molar-refractivity contribution is -0.136. The number of carbonyl (C=O) groups is 2. The second kappa shape index (κ2) is 6.99. The minimum atomic E-state index is -0.826. The van der Waals surface area contributed by atoms with E-state index in [0.29, 0.717) is 22.3 Å². The van der Waals surface area contributed by atoms with Crippen molar-refractivity contribution in [1.29, 1.82) is 0 Å². The van der Waals surface area contributed by atoms with Gasteiger partial charge in [0.05, 0.1) is 0 Å². The summed E-state index contributed by atoms with van der Waals surface area (Å²) >= 11 is 3.28. The molecule has 0 aliphatic carbocycles. The van der Waals surface area contributed by atoms with Crippen LogP contribution in [0.4, 0.5) is 5.69 Å². The number of hydrogen-bond donors (Lipinski definition) is 2. The second-order valence-corrected chi connectivity index (χ2v) is 5.23. The van der Waals surface area contributed by atoms with Crippen molar-refractivity contribution >= 4 is 33.5 Å².